The van der Waals surface area contributed by atoms with Crippen molar-refractivity contribution in [2.75, 3.05) is 10.2 Å². The third-order valence-corrected chi connectivity index (χ3v) is 5.72. The van der Waals surface area contributed by atoms with Crippen molar-refractivity contribution >= 4 is 29.4 Å². The van der Waals surface area contributed by atoms with Crippen molar-refractivity contribution < 1.29 is 4.79 Å². The summed E-state index contributed by atoms with van der Waals surface area (Å²) in [5.74, 6) is 1.31. The Hall–Kier alpha value is -3.13. The normalized spacial score (nSPS) is 19.5. The molecule has 9 heteroatoms. The summed E-state index contributed by atoms with van der Waals surface area (Å²) in [6.07, 6.45) is 5.38. The Balaban J connectivity index is 1.52. The van der Waals surface area contributed by atoms with Crippen LogP contribution in [0.5, 0.6) is 0 Å². The smallest absolute Gasteiger partial charge is 0.323 e. The van der Waals surface area contributed by atoms with Crippen LogP contribution >= 0.6 is 11.6 Å². The number of nitrogens with zero attached hydrogens (tertiary/aromatic N) is 5. The molecule has 0 unspecified atom stereocenters. The van der Waals surface area contributed by atoms with Gasteiger partial charge in [-0.05, 0) is 50.1 Å². The lowest BCUT2D eigenvalue weighted by Crippen LogP contribution is -2.40. The number of carbonyl (C=O) groups excluding carboxylic acids is 1. The second kappa shape index (κ2) is 8.55. The third-order valence-electron chi connectivity index (χ3n) is 5.47. The quantitative estimate of drug-likeness (QED) is 0.593. The Bertz CT molecular complexity index is 1070. The minimum absolute atomic E-state index is 0.0303. The Morgan fingerprint density at radius 2 is 1.87 bits per heavy atom. The van der Waals surface area contributed by atoms with Gasteiger partial charge in [-0.15, -0.1) is 0 Å². The van der Waals surface area contributed by atoms with Gasteiger partial charge in [0.1, 0.15) is 5.82 Å². The van der Waals surface area contributed by atoms with Crippen LogP contribution in [0.2, 0.25) is 5.02 Å². The van der Waals surface area contributed by atoms with Crippen LogP contribution in [0.1, 0.15) is 39.4 Å². The van der Waals surface area contributed by atoms with Crippen LogP contribution in [0.15, 0.2) is 49.1 Å². The zero-order chi connectivity index (χ0) is 22.1. The number of benzene rings is 1. The van der Waals surface area contributed by atoms with Crippen molar-refractivity contribution in [1.82, 2.24) is 24.8 Å². The number of anilines is 2. The number of halogens is 1. The first-order valence-electron chi connectivity index (χ1n) is 10.3. The first-order valence-corrected chi connectivity index (χ1v) is 10.7. The lowest BCUT2D eigenvalue weighted by atomic mass is 9.98. The van der Waals surface area contributed by atoms with E-state index in [0.29, 0.717) is 16.8 Å². The van der Waals surface area contributed by atoms with Gasteiger partial charge in [0.05, 0.1) is 24.1 Å². The number of amides is 2. The summed E-state index contributed by atoms with van der Waals surface area (Å²) >= 11 is 5.97. The van der Waals surface area contributed by atoms with Gasteiger partial charge in [-0.1, -0.05) is 25.4 Å². The topological polar surface area (TPSA) is 88.0 Å². The molecule has 0 aliphatic carbocycles. The average Bonchev–Trinajstić information content (AvgIpc) is 3.33. The van der Waals surface area contributed by atoms with Gasteiger partial charge in [0.15, 0.2) is 0 Å². The van der Waals surface area contributed by atoms with Gasteiger partial charge < -0.3 is 15.2 Å². The van der Waals surface area contributed by atoms with E-state index in [1.807, 2.05) is 48.9 Å². The van der Waals surface area contributed by atoms with E-state index in [0.717, 1.165) is 11.4 Å². The minimum Gasteiger partial charge on any atom is -0.346 e. The van der Waals surface area contributed by atoms with E-state index in [2.05, 4.69) is 39.4 Å². The molecule has 3 heterocycles. The van der Waals surface area contributed by atoms with Crippen molar-refractivity contribution in [3.05, 3.63) is 59.8 Å². The van der Waals surface area contributed by atoms with Gasteiger partial charge in [-0.3, -0.25) is 4.90 Å². The molecule has 3 atom stereocenters. The molecule has 1 saturated heterocycles. The Morgan fingerprint density at radius 3 is 2.58 bits per heavy atom. The summed E-state index contributed by atoms with van der Waals surface area (Å²) in [7, 11) is 0. The highest BCUT2D eigenvalue weighted by atomic mass is 35.5. The zero-order valence-corrected chi connectivity index (χ0v) is 18.7. The van der Waals surface area contributed by atoms with Crippen molar-refractivity contribution in [3.8, 4) is 5.69 Å². The van der Waals surface area contributed by atoms with Crippen molar-refractivity contribution in [3.63, 3.8) is 0 Å². The summed E-state index contributed by atoms with van der Waals surface area (Å²) in [5.41, 5.74) is 1.82. The van der Waals surface area contributed by atoms with Gasteiger partial charge in [0.2, 0.25) is 5.95 Å². The average molecular weight is 440 g/mol. The van der Waals surface area contributed by atoms with E-state index < -0.39 is 0 Å². The van der Waals surface area contributed by atoms with E-state index >= 15 is 0 Å². The molecule has 162 valence electrons. The van der Waals surface area contributed by atoms with Crippen LogP contribution in [0, 0.1) is 5.92 Å². The van der Waals surface area contributed by atoms with Gasteiger partial charge in [-0.2, -0.15) is 4.98 Å². The number of imidazole rings is 1. The molecule has 2 amide bonds. The zero-order valence-electron chi connectivity index (χ0n) is 18.0. The second-order valence-electron chi connectivity index (χ2n) is 8.13. The molecule has 8 nitrogen and oxygen atoms in total. The fourth-order valence-corrected chi connectivity index (χ4v) is 4.10. The van der Waals surface area contributed by atoms with Crippen LogP contribution in [0.3, 0.4) is 0 Å². The van der Waals surface area contributed by atoms with E-state index in [9.17, 15) is 4.79 Å². The molecule has 0 spiro atoms. The first-order chi connectivity index (χ1) is 14.8. The molecule has 2 N–H and O–H groups in total. The molecule has 2 aromatic heterocycles. The predicted molar refractivity (Wildman–Crippen MR) is 122 cm³/mol. The highest BCUT2D eigenvalue weighted by molar-refractivity contribution is 6.30. The van der Waals surface area contributed by atoms with E-state index in [4.69, 9.17) is 11.6 Å². The fraction of sp³-hybridized carbons (Fsp3) is 0.364. The molecule has 0 saturated carbocycles. The lowest BCUT2D eigenvalue weighted by molar-refractivity contribution is 0.250. The lowest BCUT2D eigenvalue weighted by Gasteiger charge is -2.27. The highest BCUT2D eigenvalue weighted by Gasteiger charge is 2.40. The molecule has 3 aromatic rings. The maximum absolute atomic E-state index is 12.5. The molecular formula is C22H26ClN7O. The summed E-state index contributed by atoms with van der Waals surface area (Å²) in [4.78, 5) is 27.7. The van der Waals surface area contributed by atoms with Gasteiger partial charge in [0.25, 0.3) is 0 Å². The SMILES string of the molecule is CC(C)[C@H]1[C@H](C)NC(=O)N1c1ccnc(N[C@@H](C)c2cn(-c3ccc(Cl)cc3)cn2)n1. The number of hydrogen-bond donors (Lipinski definition) is 2. The molecule has 1 aliphatic heterocycles. The van der Waals surface area contributed by atoms with Crippen LogP contribution < -0.4 is 15.5 Å². The monoisotopic (exact) mass is 439 g/mol. The molecule has 1 fully saturated rings. The third kappa shape index (κ3) is 4.34. The molecule has 31 heavy (non-hydrogen) atoms. The van der Waals surface area contributed by atoms with Gasteiger partial charge >= 0.3 is 6.03 Å². The summed E-state index contributed by atoms with van der Waals surface area (Å²) in [5, 5.41) is 6.97. The first kappa shape index (κ1) is 21.1. The predicted octanol–water partition coefficient (Wildman–Crippen LogP) is 4.43. The number of carbonyl (C=O) groups is 1. The molecule has 1 aromatic carbocycles. The van der Waals surface area contributed by atoms with Crippen molar-refractivity contribution in [2.45, 2.75) is 45.8 Å². The Labute approximate surface area is 186 Å². The van der Waals surface area contributed by atoms with Crippen molar-refractivity contribution in [2.24, 2.45) is 5.92 Å². The molecule has 0 radical (unpaired) electrons. The van der Waals surface area contributed by atoms with E-state index in [1.165, 1.54) is 0 Å². The number of rotatable bonds is 6. The van der Waals surface area contributed by atoms with Crippen LogP contribution in [0.4, 0.5) is 16.6 Å². The van der Waals surface area contributed by atoms with Crippen molar-refractivity contribution in [1.29, 1.82) is 0 Å². The number of aromatic nitrogens is 4. The Morgan fingerprint density at radius 1 is 1.13 bits per heavy atom. The van der Waals surface area contributed by atoms with Gasteiger partial charge in [0, 0.05) is 29.1 Å². The number of hydrogen-bond acceptors (Lipinski definition) is 5. The number of nitrogens with one attached hydrogen (secondary N) is 2. The molecular weight excluding hydrogens is 414 g/mol. The number of urea groups is 1. The van der Waals surface area contributed by atoms with Crippen LogP contribution in [-0.4, -0.2) is 37.6 Å². The summed E-state index contributed by atoms with van der Waals surface area (Å²) < 4.78 is 1.93. The maximum Gasteiger partial charge on any atom is 0.323 e. The largest absolute Gasteiger partial charge is 0.346 e. The Kier molecular flexibility index (Phi) is 5.82. The standard InChI is InChI=1S/C22H26ClN7O/c1-13(2)20-15(4)27-22(31)30(20)19-9-10-24-21(28-19)26-14(3)18-11-29(12-25-18)17-7-5-16(23)6-8-17/h5-15,20H,1-4H3,(H,27,31)(H,24,26,28)/t14-,15-,20-/m0/s1. The van der Waals surface area contributed by atoms with E-state index in [1.54, 1.807) is 23.5 Å². The second-order valence-corrected chi connectivity index (χ2v) is 8.57. The highest BCUT2D eigenvalue weighted by Crippen LogP contribution is 2.27. The van der Waals surface area contributed by atoms with Crippen LogP contribution in [-0.2, 0) is 0 Å². The molecule has 1 aliphatic rings. The summed E-state index contributed by atoms with van der Waals surface area (Å²) in [6, 6.07) is 9.14. The summed E-state index contributed by atoms with van der Waals surface area (Å²) in [6.45, 7) is 8.22. The molecule has 0 bridgehead atoms. The van der Waals surface area contributed by atoms with Crippen LogP contribution in [0.25, 0.3) is 5.69 Å². The minimum atomic E-state index is -0.134. The maximum atomic E-state index is 12.5. The van der Waals surface area contributed by atoms with E-state index in [-0.39, 0.29) is 30.1 Å². The van der Waals surface area contributed by atoms with Gasteiger partial charge in [-0.25, -0.2) is 14.8 Å². The molecule has 4 rings (SSSR count). The fourth-order valence-electron chi connectivity index (χ4n) is 3.98.